The normalized spacial score (nSPS) is 12.2. The van der Waals surface area contributed by atoms with Gasteiger partial charge in [0.05, 0.1) is 12.3 Å². The minimum atomic E-state index is -3.91. The van der Waals surface area contributed by atoms with Crippen molar-refractivity contribution in [3.05, 3.63) is 46.4 Å². The molecule has 0 bridgehead atoms. The number of rotatable bonds is 7. The molecule has 2 aromatic rings. The average Bonchev–Trinajstić information content (AvgIpc) is 2.55. The highest BCUT2D eigenvalue weighted by Gasteiger charge is 2.24. The van der Waals surface area contributed by atoms with Gasteiger partial charge in [-0.1, -0.05) is 6.07 Å². The van der Waals surface area contributed by atoms with Crippen molar-refractivity contribution in [2.24, 2.45) is 0 Å². The van der Waals surface area contributed by atoms with E-state index in [1.54, 1.807) is 19.1 Å². The Morgan fingerprint density at radius 3 is 2.26 bits per heavy atom. The van der Waals surface area contributed by atoms with Crippen LogP contribution < -0.4 is 9.46 Å². The molecule has 0 atom stereocenters. The highest BCUT2D eigenvalue weighted by Crippen LogP contribution is 2.31. The zero-order valence-electron chi connectivity index (χ0n) is 15.4. The summed E-state index contributed by atoms with van der Waals surface area (Å²) < 4.78 is 59.8. The number of benzene rings is 2. The Morgan fingerprint density at radius 2 is 1.70 bits per heavy atom. The Kier molecular flexibility index (Phi) is 6.56. The second-order valence-corrected chi connectivity index (χ2v) is 10.5. The standard InChI is InChI=1S/C17H21BrN2O5S2/c1-5-25-15-8-7-13(11-17(15)27(23,24)20(3)4)19-26(21,22)16-9-6-12(2)10-14(16)18/h6-11,19H,5H2,1-4H3. The van der Waals surface area contributed by atoms with Gasteiger partial charge in [0.2, 0.25) is 10.0 Å². The fourth-order valence-electron chi connectivity index (χ4n) is 2.28. The Balaban J connectivity index is 2.51. The van der Waals surface area contributed by atoms with Crippen LogP contribution >= 0.6 is 15.9 Å². The van der Waals surface area contributed by atoms with Gasteiger partial charge >= 0.3 is 0 Å². The Morgan fingerprint density at radius 1 is 1.04 bits per heavy atom. The fraction of sp³-hybridized carbons (Fsp3) is 0.294. The van der Waals surface area contributed by atoms with Crippen LogP contribution in [0.2, 0.25) is 0 Å². The van der Waals surface area contributed by atoms with Crippen molar-refractivity contribution < 1.29 is 21.6 Å². The minimum absolute atomic E-state index is 0.0546. The number of hydrogen-bond acceptors (Lipinski definition) is 5. The van der Waals surface area contributed by atoms with Gasteiger partial charge in [0.25, 0.3) is 10.0 Å². The molecule has 0 radical (unpaired) electrons. The molecular weight excluding hydrogens is 456 g/mol. The number of hydrogen-bond donors (Lipinski definition) is 1. The second kappa shape index (κ2) is 8.17. The smallest absolute Gasteiger partial charge is 0.263 e. The van der Waals surface area contributed by atoms with E-state index < -0.39 is 20.0 Å². The first kappa shape index (κ1) is 21.7. The number of aryl methyl sites for hydroxylation is 1. The average molecular weight is 477 g/mol. The van der Waals surface area contributed by atoms with Crippen molar-refractivity contribution in [2.45, 2.75) is 23.6 Å². The van der Waals surface area contributed by atoms with Crippen molar-refractivity contribution >= 4 is 41.7 Å². The van der Waals surface area contributed by atoms with Crippen LogP contribution in [0, 0.1) is 6.92 Å². The van der Waals surface area contributed by atoms with Crippen LogP contribution in [0.1, 0.15) is 12.5 Å². The third-order valence-electron chi connectivity index (χ3n) is 3.63. The van der Waals surface area contributed by atoms with Crippen molar-refractivity contribution in [2.75, 3.05) is 25.4 Å². The lowest BCUT2D eigenvalue weighted by atomic mass is 10.2. The van der Waals surface area contributed by atoms with Crippen LogP contribution in [0.5, 0.6) is 5.75 Å². The molecule has 0 spiro atoms. The van der Waals surface area contributed by atoms with E-state index in [1.807, 2.05) is 6.92 Å². The van der Waals surface area contributed by atoms with Crippen molar-refractivity contribution in [3.8, 4) is 5.75 Å². The van der Waals surface area contributed by atoms with E-state index >= 15 is 0 Å². The SMILES string of the molecule is CCOc1ccc(NS(=O)(=O)c2ccc(C)cc2Br)cc1S(=O)(=O)N(C)C. The highest BCUT2D eigenvalue weighted by atomic mass is 79.9. The Hall–Kier alpha value is -1.62. The van der Waals surface area contributed by atoms with E-state index in [4.69, 9.17) is 4.74 Å². The van der Waals surface area contributed by atoms with E-state index in [2.05, 4.69) is 20.7 Å². The molecule has 0 unspecified atom stereocenters. The number of sulfonamides is 2. The Labute approximate surface area is 168 Å². The predicted molar refractivity (Wildman–Crippen MR) is 108 cm³/mol. The summed E-state index contributed by atoms with van der Waals surface area (Å²) in [5, 5.41) is 0. The van der Waals surface area contributed by atoms with E-state index in [9.17, 15) is 16.8 Å². The maximum atomic E-state index is 12.7. The summed E-state index contributed by atoms with van der Waals surface area (Å²) in [6.07, 6.45) is 0. The van der Waals surface area contributed by atoms with Crippen LogP contribution in [0.4, 0.5) is 5.69 Å². The molecule has 148 valence electrons. The zero-order chi connectivity index (χ0) is 20.4. The second-order valence-electron chi connectivity index (χ2n) is 5.92. The summed E-state index contributed by atoms with van der Waals surface area (Å²) in [6, 6.07) is 8.99. The lowest BCUT2D eigenvalue weighted by Gasteiger charge is -2.17. The Bertz CT molecular complexity index is 1050. The quantitative estimate of drug-likeness (QED) is 0.661. The van der Waals surface area contributed by atoms with Crippen molar-refractivity contribution in [3.63, 3.8) is 0 Å². The summed E-state index contributed by atoms with van der Waals surface area (Å²) in [5.74, 6) is 0.158. The first-order valence-corrected chi connectivity index (χ1v) is 11.7. The largest absolute Gasteiger partial charge is 0.492 e. The molecule has 0 aliphatic rings. The molecule has 0 aromatic heterocycles. The van der Waals surface area contributed by atoms with Gasteiger partial charge in [-0.05, 0) is 65.7 Å². The fourth-order valence-corrected chi connectivity index (χ4v) is 5.57. The van der Waals surface area contributed by atoms with Gasteiger partial charge in [-0.2, -0.15) is 0 Å². The zero-order valence-corrected chi connectivity index (χ0v) is 18.6. The van der Waals surface area contributed by atoms with Crippen LogP contribution in [0.15, 0.2) is 50.7 Å². The molecule has 0 amide bonds. The molecule has 0 saturated carbocycles. The summed E-state index contributed by atoms with van der Waals surface area (Å²) in [6.45, 7) is 3.86. The van der Waals surface area contributed by atoms with Gasteiger partial charge in [-0.25, -0.2) is 21.1 Å². The number of halogens is 1. The summed E-state index contributed by atoms with van der Waals surface area (Å²) in [7, 11) is -4.95. The minimum Gasteiger partial charge on any atom is -0.492 e. The molecule has 7 nitrogen and oxygen atoms in total. The monoisotopic (exact) mass is 476 g/mol. The number of ether oxygens (including phenoxy) is 1. The summed E-state index contributed by atoms with van der Waals surface area (Å²) in [4.78, 5) is -0.0588. The molecule has 0 heterocycles. The van der Waals surface area contributed by atoms with Crippen molar-refractivity contribution in [1.29, 1.82) is 0 Å². The third-order valence-corrected chi connectivity index (χ3v) is 7.83. The topological polar surface area (TPSA) is 92.8 Å². The molecule has 0 saturated heterocycles. The van der Waals surface area contributed by atoms with E-state index in [0.717, 1.165) is 9.87 Å². The maximum Gasteiger partial charge on any atom is 0.263 e. The summed E-state index contributed by atoms with van der Waals surface area (Å²) >= 11 is 3.25. The van der Waals surface area contributed by atoms with Gasteiger partial charge in [0, 0.05) is 18.6 Å². The van der Waals surface area contributed by atoms with Gasteiger partial charge in [0.15, 0.2) is 0 Å². The molecule has 0 fully saturated rings. The lowest BCUT2D eigenvalue weighted by molar-refractivity contribution is 0.330. The highest BCUT2D eigenvalue weighted by molar-refractivity contribution is 9.10. The molecule has 2 rings (SSSR count). The first-order chi connectivity index (χ1) is 12.5. The molecule has 27 heavy (non-hydrogen) atoms. The van der Waals surface area contributed by atoms with Crippen molar-refractivity contribution in [1.82, 2.24) is 4.31 Å². The number of nitrogens with zero attached hydrogens (tertiary/aromatic N) is 1. The molecular formula is C17H21BrN2O5S2. The molecule has 1 N–H and O–H groups in total. The molecule has 0 aliphatic carbocycles. The lowest BCUT2D eigenvalue weighted by Crippen LogP contribution is -2.23. The molecule has 0 aliphatic heterocycles. The van der Waals surface area contributed by atoms with Crippen LogP contribution in [0.25, 0.3) is 0 Å². The van der Waals surface area contributed by atoms with E-state index in [-0.39, 0.29) is 27.8 Å². The van der Waals surface area contributed by atoms with Crippen LogP contribution in [-0.2, 0) is 20.0 Å². The predicted octanol–water partition coefficient (Wildman–Crippen LogP) is 3.21. The van der Waals surface area contributed by atoms with Crippen LogP contribution in [-0.4, -0.2) is 41.8 Å². The maximum absolute atomic E-state index is 12.7. The van der Waals surface area contributed by atoms with Gasteiger partial charge in [-0.15, -0.1) is 0 Å². The van der Waals surface area contributed by atoms with E-state index in [1.165, 1.54) is 38.4 Å². The number of nitrogens with one attached hydrogen (secondary N) is 1. The first-order valence-electron chi connectivity index (χ1n) is 7.97. The number of anilines is 1. The van der Waals surface area contributed by atoms with Gasteiger partial charge in [0.1, 0.15) is 15.5 Å². The van der Waals surface area contributed by atoms with Crippen LogP contribution in [0.3, 0.4) is 0 Å². The molecule has 10 heteroatoms. The van der Waals surface area contributed by atoms with E-state index in [0.29, 0.717) is 4.47 Å². The third kappa shape index (κ3) is 4.81. The molecule has 2 aromatic carbocycles. The summed E-state index contributed by atoms with van der Waals surface area (Å²) in [5.41, 5.74) is 1.02. The van der Waals surface area contributed by atoms with Gasteiger partial charge in [-0.3, -0.25) is 4.72 Å². The van der Waals surface area contributed by atoms with Gasteiger partial charge < -0.3 is 4.74 Å².